The number of aromatic nitrogens is 2. The lowest BCUT2D eigenvalue weighted by Crippen LogP contribution is -2.28. The summed E-state index contributed by atoms with van der Waals surface area (Å²) in [5, 5.41) is 6.92. The third-order valence-corrected chi connectivity index (χ3v) is 2.15. The third kappa shape index (κ3) is 2.31. The van der Waals surface area contributed by atoms with Crippen molar-refractivity contribution in [3.05, 3.63) is 18.5 Å². The van der Waals surface area contributed by atoms with Crippen molar-refractivity contribution in [2.75, 3.05) is 6.54 Å². The average molecular weight is 179 g/mol. The molecular weight excluding hydrogens is 166 g/mol. The van der Waals surface area contributed by atoms with E-state index in [0.717, 1.165) is 19.4 Å². The number of hydrogen-bond acceptors (Lipinski definition) is 2. The molecule has 0 spiro atoms. The fourth-order valence-electron chi connectivity index (χ4n) is 1.22. The normalized spacial score (nSPS) is 15.7. The second kappa shape index (κ2) is 3.60. The molecule has 4 heteroatoms. The van der Waals surface area contributed by atoms with Crippen LogP contribution in [0.2, 0.25) is 0 Å². The van der Waals surface area contributed by atoms with E-state index in [1.165, 1.54) is 0 Å². The van der Waals surface area contributed by atoms with Gasteiger partial charge in [-0.15, -0.1) is 0 Å². The van der Waals surface area contributed by atoms with Crippen LogP contribution in [0.25, 0.3) is 0 Å². The van der Waals surface area contributed by atoms with Gasteiger partial charge in [0.05, 0.1) is 6.54 Å². The zero-order valence-corrected chi connectivity index (χ0v) is 7.44. The quantitative estimate of drug-likeness (QED) is 0.727. The number of carbonyl (C=O) groups is 1. The van der Waals surface area contributed by atoms with Gasteiger partial charge in [0.25, 0.3) is 0 Å². The minimum Gasteiger partial charge on any atom is -0.354 e. The molecule has 1 amide bonds. The Hall–Kier alpha value is -1.32. The van der Waals surface area contributed by atoms with Gasteiger partial charge >= 0.3 is 0 Å². The molecule has 1 fully saturated rings. The first-order valence-electron chi connectivity index (χ1n) is 4.61. The molecule has 1 aliphatic rings. The second-order valence-electron chi connectivity index (χ2n) is 3.33. The second-order valence-corrected chi connectivity index (χ2v) is 3.33. The Morgan fingerprint density at radius 1 is 1.62 bits per heavy atom. The van der Waals surface area contributed by atoms with E-state index in [0.29, 0.717) is 12.5 Å². The maximum atomic E-state index is 11.2. The molecule has 1 heterocycles. The number of amides is 1. The van der Waals surface area contributed by atoms with Gasteiger partial charge in [-0.05, 0) is 18.9 Å². The third-order valence-electron chi connectivity index (χ3n) is 2.15. The maximum Gasteiger partial charge on any atom is 0.223 e. The molecule has 1 N–H and O–H groups in total. The van der Waals surface area contributed by atoms with E-state index >= 15 is 0 Å². The van der Waals surface area contributed by atoms with Crippen LogP contribution in [0.3, 0.4) is 0 Å². The summed E-state index contributed by atoms with van der Waals surface area (Å²) < 4.78 is 1.81. The Morgan fingerprint density at radius 3 is 3.08 bits per heavy atom. The molecule has 0 aliphatic heterocycles. The molecule has 2 rings (SSSR count). The Kier molecular flexibility index (Phi) is 2.29. The van der Waals surface area contributed by atoms with Gasteiger partial charge in [-0.3, -0.25) is 9.48 Å². The highest BCUT2D eigenvalue weighted by Gasteiger charge is 2.28. The van der Waals surface area contributed by atoms with Gasteiger partial charge in [-0.1, -0.05) is 0 Å². The van der Waals surface area contributed by atoms with Crippen molar-refractivity contribution in [1.82, 2.24) is 15.1 Å². The summed E-state index contributed by atoms with van der Waals surface area (Å²) >= 11 is 0. The van der Waals surface area contributed by atoms with Crippen molar-refractivity contribution in [3.63, 3.8) is 0 Å². The summed E-state index contributed by atoms with van der Waals surface area (Å²) in [4.78, 5) is 11.2. The van der Waals surface area contributed by atoms with E-state index in [1.54, 1.807) is 6.20 Å². The highest BCUT2D eigenvalue weighted by Crippen LogP contribution is 2.28. The largest absolute Gasteiger partial charge is 0.354 e. The van der Waals surface area contributed by atoms with E-state index < -0.39 is 0 Å². The van der Waals surface area contributed by atoms with Gasteiger partial charge in [-0.25, -0.2) is 0 Å². The minimum atomic E-state index is 0.201. The van der Waals surface area contributed by atoms with Crippen LogP contribution in [0.15, 0.2) is 18.5 Å². The predicted molar refractivity (Wildman–Crippen MR) is 48.0 cm³/mol. The standard InChI is InChI=1S/C9H13N3O/c13-9(8-2-3-8)10-5-7-12-6-1-4-11-12/h1,4,6,8H,2-3,5,7H2,(H,10,13). The Balaban J connectivity index is 1.66. The fourth-order valence-corrected chi connectivity index (χ4v) is 1.22. The zero-order valence-electron chi connectivity index (χ0n) is 7.44. The predicted octanol–water partition coefficient (Wildman–Crippen LogP) is 0.409. The van der Waals surface area contributed by atoms with E-state index in [1.807, 2.05) is 16.9 Å². The van der Waals surface area contributed by atoms with Crippen LogP contribution >= 0.6 is 0 Å². The number of rotatable bonds is 4. The Morgan fingerprint density at radius 2 is 2.46 bits per heavy atom. The molecule has 4 nitrogen and oxygen atoms in total. The summed E-state index contributed by atoms with van der Waals surface area (Å²) in [5.74, 6) is 0.504. The molecule has 1 aromatic heterocycles. The lowest BCUT2D eigenvalue weighted by Gasteiger charge is -2.03. The van der Waals surface area contributed by atoms with Crippen LogP contribution in [0, 0.1) is 5.92 Å². The molecule has 1 aromatic rings. The summed E-state index contributed by atoms with van der Waals surface area (Å²) in [6.07, 6.45) is 5.76. The van der Waals surface area contributed by atoms with Gasteiger partial charge in [0.1, 0.15) is 0 Å². The van der Waals surface area contributed by atoms with Gasteiger partial charge in [0, 0.05) is 24.9 Å². The van der Waals surface area contributed by atoms with Gasteiger partial charge in [0.15, 0.2) is 0 Å². The molecule has 0 unspecified atom stereocenters. The van der Waals surface area contributed by atoms with Crippen molar-refractivity contribution in [2.24, 2.45) is 5.92 Å². The summed E-state index contributed by atoms with van der Waals surface area (Å²) in [7, 11) is 0. The first-order valence-corrected chi connectivity index (χ1v) is 4.61. The first-order chi connectivity index (χ1) is 6.36. The number of nitrogens with one attached hydrogen (secondary N) is 1. The molecule has 1 saturated carbocycles. The maximum absolute atomic E-state index is 11.2. The number of nitrogens with zero attached hydrogens (tertiary/aromatic N) is 2. The topological polar surface area (TPSA) is 46.9 Å². The molecular formula is C9H13N3O. The van der Waals surface area contributed by atoms with Crippen LogP contribution in [0.1, 0.15) is 12.8 Å². The van der Waals surface area contributed by atoms with E-state index in [4.69, 9.17) is 0 Å². The summed E-state index contributed by atoms with van der Waals surface area (Å²) in [6, 6.07) is 1.88. The van der Waals surface area contributed by atoms with Crippen LogP contribution in [-0.2, 0) is 11.3 Å². The van der Waals surface area contributed by atoms with E-state index in [-0.39, 0.29) is 5.91 Å². The van der Waals surface area contributed by atoms with E-state index in [9.17, 15) is 4.79 Å². The van der Waals surface area contributed by atoms with Crippen LogP contribution < -0.4 is 5.32 Å². The molecule has 0 radical (unpaired) electrons. The van der Waals surface area contributed by atoms with Gasteiger partial charge in [-0.2, -0.15) is 5.10 Å². The van der Waals surface area contributed by atoms with Crippen molar-refractivity contribution in [1.29, 1.82) is 0 Å². The van der Waals surface area contributed by atoms with Crippen LogP contribution in [-0.4, -0.2) is 22.2 Å². The lowest BCUT2D eigenvalue weighted by molar-refractivity contribution is -0.122. The van der Waals surface area contributed by atoms with Crippen LogP contribution in [0.5, 0.6) is 0 Å². The molecule has 1 aliphatic carbocycles. The van der Waals surface area contributed by atoms with Crippen molar-refractivity contribution < 1.29 is 4.79 Å². The van der Waals surface area contributed by atoms with Crippen LogP contribution in [0.4, 0.5) is 0 Å². The van der Waals surface area contributed by atoms with E-state index in [2.05, 4.69) is 10.4 Å². The lowest BCUT2D eigenvalue weighted by atomic mass is 10.4. The number of hydrogen-bond donors (Lipinski definition) is 1. The van der Waals surface area contributed by atoms with Gasteiger partial charge in [0.2, 0.25) is 5.91 Å². The molecule has 0 aromatic carbocycles. The number of carbonyl (C=O) groups excluding carboxylic acids is 1. The van der Waals surface area contributed by atoms with Crippen molar-refractivity contribution in [3.8, 4) is 0 Å². The molecule has 0 bridgehead atoms. The molecule has 0 atom stereocenters. The Bertz CT molecular complexity index is 277. The molecule has 13 heavy (non-hydrogen) atoms. The average Bonchev–Trinajstić information content (AvgIpc) is 2.86. The summed E-state index contributed by atoms with van der Waals surface area (Å²) in [6.45, 7) is 1.43. The SMILES string of the molecule is O=C(NCCn1cccn1)C1CC1. The van der Waals surface area contributed by atoms with Crippen molar-refractivity contribution in [2.45, 2.75) is 19.4 Å². The smallest absolute Gasteiger partial charge is 0.223 e. The monoisotopic (exact) mass is 179 g/mol. The van der Waals surface area contributed by atoms with Crippen molar-refractivity contribution >= 4 is 5.91 Å². The van der Waals surface area contributed by atoms with Gasteiger partial charge < -0.3 is 5.32 Å². The Labute approximate surface area is 76.9 Å². The minimum absolute atomic E-state index is 0.201. The molecule has 70 valence electrons. The molecule has 0 saturated heterocycles. The summed E-state index contributed by atoms with van der Waals surface area (Å²) in [5.41, 5.74) is 0. The highest BCUT2D eigenvalue weighted by molar-refractivity contribution is 5.80. The first kappa shape index (κ1) is 8.29. The fraction of sp³-hybridized carbons (Fsp3) is 0.556. The highest BCUT2D eigenvalue weighted by atomic mass is 16.2. The zero-order chi connectivity index (χ0) is 9.10.